The Balaban J connectivity index is -0.00000392. The zero-order chi connectivity index (χ0) is 22.8. The molecule has 0 aliphatic rings. The Bertz CT molecular complexity index is 719. The molecule has 0 saturated carbocycles. The van der Waals surface area contributed by atoms with Crippen molar-refractivity contribution in [3.8, 4) is 0 Å². The molecule has 0 aliphatic carbocycles. The van der Waals surface area contributed by atoms with Crippen molar-refractivity contribution in [2.24, 2.45) is 5.41 Å². The molecular weight excluding hydrogens is 427 g/mol. The van der Waals surface area contributed by atoms with Crippen LogP contribution in [-0.4, -0.2) is 55.9 Å². The van der Waals surface area contributed by atoms with E-state index in [0.717, 1.165) is 0 Å². The van der Waals surface area contributed by atoms with Crippen LogP contribution in [0.3, 0.4) is 0 Å². The first-order valence-electron chi connectivity index (χ1n) is 9.05. The molecule has 11 heteroatoms. The molecule has 0 radical (unpaired) electrons. The second kappa shape index (κ2) is 14.0. The quantitative estimate of drug-likeness (QED) is 0.125. The molecule has 0 bridgehead atoms. The van der Waals surface area contributed by atoms with E-state index in [1.165, 1.54) is 20.8 Å². The van der Waals surface area contributed by atoms with Gasteiger partial charge in [0.15, 0.2) is 0 Å². The van der Waals surface area contributed by atoms with Gasteiger partial charge in [-0.1, -0.05) is 32.9 Å². The van der Waals surface area contributed by atoms with Crippen LogP contribution in [0.25, 0.3) is 0 Å². The first kappa shape index (κ1) is 31.0. The van der Waals surface area contributed by atoms with Gasteiger partial charge in [0.2, 0.25) is 0 Å². The third-order valence-corrected chi connectivity index (χ3v) is 5.21. The second-order valence-corrected chi connectivity index (χ2v) is 8.86. The molecule has 168 valence electrons. The average molecular weight is 459 g/mol. The van der Waals surface area contributed by atoms with Crippen LogP contribution in [0.5, 0.6) is 0 Å². The third kappa shape index (κ3) is 10.7. The molecule has 30 heavy (non-hydrogen) atoms. The Kier molecular flexibility index (Phi) is 14.4. The molecular formula is C19H31NaO9S. The number of hydrogen-bond donors (Lipinski definition) is 1. The average Bonchev–Trinajstić information content (AvgIpc) is 2.63. The molecule has 0 aromatic heterocycles. The van der Waals surface area contributed by atoms with E-state index >= 15 is 0 Å². The van der Waals surface area contributed by atoms with Crippen LogP contribution in [0, 0.1) is 5.41 Å². The molecule has 0 aromatic rings. The number of unbranched alkanes of at least 4 members (excludes halogenated alkanes) is 1. The second-order valence-electron chi connectivity index (χ2n) is 7.02. The van der Waals surface area contributed by atoms with E-state index in [1.807, 2.05) is 6.92 Å². The summed E-state index contributed by atoms with van der Waals surface area (Å²) in [6.07, 6.45) is 1.34. The van der Waals surface area contributed by atoms with Gasteiger partial charge in [-0.25, -0.2) is 9.59 Å². The third-order valence-electron chi connectivity index (χ3n) is 4.06. The predicted molar refractivity (Wildman–Crippen MR) is 107 cm³/mol. The Morgan fingerprint density at radius 2 is 1.47 bits per heavy atom. The van der Waals surface area contributed by atoms with Crippen LogP contribution in [-0.2, 0) is 38.7 Å². The summed E-state index contributed by atoms with van der Waals surface area (Å²) in [6, 6.07) is 0. The van der Waals surface area contributed by atoms with Gasteiger partial charge in [-0.15, -0.1) is 0 Å². The van der Waals surface area contributed by atoms with Crippen molar-refractivity contribution < 1.29 is 72.5 Å². The molecule has 9 nitrogen and oxygen atoms in total. The fraction of sp³-hybridized carbons (Fsp3) is 0.632. The fourth-order valence-electron chi connectivity index (χ4n) is 2.01. The molecule has 0 rings (SSSR count). The Morgan fingerprint density at radius 3 is 1.80 bits per heavy atom. The summed E-state index contributed by atoms with van der Waals surface area (Å²) < 4.78 is 46.7. The molecule has 1 atom stereocenters. The van der Waals surface area contributed by atoms with Crippen molar-refractivity contribution in [2.45, 2.75) is 52.2 Å². The largest absolute Gasteiger partial charge is 1.00 e. The molecule has 0 saturated heterocycles. The van der Waals surface area contributed by atoms with Crippen molar-refractivity contribution in [1.82, 2.24) is 0 Å². The maximum absolute atomic E-state index is 12.8. The number of ether oxygens (including phenoxy) is 3. The molecule has 1 unspecified atom stereocenters. The van der Waals surface area contributed by atoms with Crippen LogP contribution >= 0.6 is 0 Å². The maximum Gasteiger partial charge on any atom is 1.00 e. The molecule has 0 aromatic carbocycles. The van der Waals surface area contributed by atoms with Crippen molar-refractivity contribution in [2.75, 3.05) is 19.8 Å². The van der Waals surface area contributed by atoms with Crippen LogP contribution in [0.2, 0.25) is 0 Å². The molecule has 0 heterocycles. The van der Waals surface area contributed by atoms with Crippen molar-refractivity contribution in [3.63, 3.8) is 0 Å². The van der Waals surface area contributed by atoms with E-state index in [4.69, 9.17) is 18.8 Å². The predicted octanol–water partition coefficient (Wildman–Crippen LogP) is -0.662. The summed E-state index contributed by atoms with van der Waals surface area (Å²) in [5.74, 6) is -2.39. The van der Waals surface area contributed by atoms with E-state index in [9.17, 15) is 22.8 Å². The van der Waals surface area contributed by atoms with Gasteiger partial charge in [0.1, 0.15) is 30.5 Å². The van der Waals surface area contributed by atoms with Crippen LogP contribution in [0.15, 0.2) is 24.3 Å². The first-order valence-corrected chi connectivity index (χ1v) is 10.6. The van der Waals surface area contributed by atoms with Gasteiger partial charge in [-0.3, -0.25) is 9.35 Å². The summed E-state index contributed by atoms with van der Waals surface area (Å²) >= 11 is 0. The van der Waals surface area contributed by atoms with Crippen molar-refractivity contribution in [3.05, 3.63) is 24.3 Å². The van der Waals surface area contributed by atoms with Crippen molar-refractivity contribution in [1.29, 1.82) is 0 Å². The minimum absolute atomic E-state index is 0. The number of rotatable bonds is 13. The maximum atomic E-state index is 12.8. The SMILES string of the molecule is C=C(C)C(=O)OCC(CCCC)(COC(=O)C(=C)C)C(=O)OCC(C)S(=O)(=O)O.[H-].[Na+]. The van der Waals surface area contributed by atoms with Gasteiger partial charge < -0.3 is 15.6 Å². The first-order chi connectivity index (χ1) is 13.3. The van der Waals surface area contributed by atoms with E-state index < -0.39 is 58.5 Å². The minimum atomic E-state index is -4.41. The number of carbonyl (C=O) groups is 3. The minimum Gasteiger partial charge on any atom is -1.00 e. The molecule has 1 N–H and O–H groups in total. The van der Waals surface area contributed by atoms with Gasteiger partial charge in [-0.05, 0) is 27.2 Å². The van der Waals surface area contributed by atoms with Gasteiger partial charge in [0.05, 0.1) is 0 Å². The van der Waals surface area contributed by atoms with Gasteiger partial charge in [-0.2, -0.15) is 8.42 Å². The van der Waals surface area contributed by atoms with Gasteiger partial charge in [0.25, 0.3) is 10.1 Å². The zero-order valence-corrected chi connectivity index (χ0v) is 21.2. The Morgan fingerprint density at radius 1 is 1.03 bits per heavy atom. The Hall–Kier alpha value is -1.20. The van der Waals surface area contributed by atoms with Crippen molar-refractivity contribution >= 4 is 28.0 Å². The van der Waals surface area contributed by atoms with Crippen LogP contribution in [0.1, 0.15) is 48.4 Å². The normalized spacial score (nSPS) is 12.2. The molecule has 0 fully saturated rings. The van der Waals surface area contributed by atoms with E-state index in [0.29, 0.717) is 12.8 Å². The van der Waals surface area contributed by atoms with Gasteiger partial charge >= 0.3 is 47.5 Å². The van der Waals surface area contributed by atoms with Crippen LogP contribution < -0.4 is 29.6 Å². The summed E-state index contributed by atoms with van der Waals surface area (Å²) in [6.45, 7) is 11.3. The van der Waals surface area contributed by atoms with Gasteiger partial charge in [0, 0.05) is 11.1 Å². The van der Waals surface area contributed by atoms with E-state index in [2.05, 4.69) is 13.2 Å². The summed E-state index contributed by atoms with van der Waals surface area (Å²) in [7, 11) is -4.41. The molecule has 0 aliphatic heterocycles. The monoisotopic (exact) mass is 458 g/mol. The number of esters is 3. The summed E-state index contributed by atoms with van der Waals surface area (Å²) in [5, 5.41) is -1.36. The van der Waals surface area contributed by atoms with E-state index in [-0.39, 0.29) is 48.6 Å². The Labute approximate surface area is 201 Å². The molecule has 0 spiro atoms. The zero-order valence-electron chi connectivity index (χ0n) is 19.4. The van der Waals surface area contributed by atoms with Crippen LogP contribution in [0.4, 0.5) is 0 Å². The number of hydrogen-bond acceptors (Lipinski definition) is 8. The smallest absolute Gasteiger partial charge is 1.00 e. The van der Waals surface area contributed by atoms with E-state index in [1.54, 1.807) is 0 Å². The number of carbonyl (C=O) groups excluding carboxylic acids is 3. The summed E-state index contributed by atoms with van der Waals surface area (Å²) in [5.41, 5.74) is -1.33. The fourth-order valence-corrected chi connectivity index (χ4v) is 2.25. The topological polar surface area (TPSA) is 133 Å². The summed E-state index contributed by atoms with van der Waals surface area (Å²) in [4.78, 5) is 36.5. The standard InChI is InChI=1S/C19H30O9S.Na.H/c1-7-8-9-19(11-27-16(20)13(2)3,12-28-17(21)14(4)5)18(22)26-10-15(6)29(23,24)25;;/h15H,2,4,7-12H2,1,3,5-6H3,(H,23,24,25);;/q;+1;-1. The molecule has 0 amide bonds.